The van der Waals surface area contributed by atoms with Gasteiger partial charge in [0.2, 0.25) is 0 Å². The van der Waals surface area contributed by atoms with Crippen LogP contribution in [0.2, 0.25) is 0 Å². The maximum absolute atomic E-state index is 9.53. The van der Waals surface area contributed by atoms with Gasteiger partial charge in [-0.05, 0) is 6.92 Å². The maximum Gasteiger partial charge on any atom is 0.121 e. The first-order valence-corrected chi connectivity index (χ1v) is 2.28. The van der Waals surface area contributed by atoms with Gasteiger partial charge in [0.1, 0.15) is 6.29 Å². The number of carbonyl (C=O) groups excluding carboxylic acids is 1. The average molecular weight is 107 g/mol. The molecule has 0 fully saturated rings. The predicted octanol–water partition coefficient (Wildman–Crippen LogP) is 1.20. The van der Waals surface area contributed by atoms with Crippen LogP contribution in [0, 0.1) is 0 Å². The Hall–Kier alpha value is -0.0400. The van der Waals surface area contributed by atoms with Crippen LogP contribution in [0.25, 0.3) is 0 Å². The summed E-state index contributed by atoms with van der Waals surface area (Å²) < 4.78 is 0. The van der Waals surface area contributed by atoms with Crippen LogP contribution in [-0.4, -0.2) is 11.7 Å². The summed E-state index contributed by atoms with van der Waals surface area (Å²) in [5.41, 5.74) is 0. The second kappa shape index (κ2) is 3.16. The number of carbonyl (C=O) groups is 1. The first-order valence-electron chi connectivity index (χ1n) is 1.85. The Kier molecular flexibility index (Phi) is 3.14. The van der Waals surface area contributed by atoms with Gasteiger partial charge in [-0.15, -0.1) is 11.6 Å². The van der Waals surface area contributed by atoms with Crippen LogP contribution in [0.15, 0.2) is 0 Å². The summed E-state index contributed by atoms with van der Waals surface area (Å²) >= 11 is 5.35. The molecule has 0 aliphatic carbocycles. The molecule has 2 heteroatoms. The van der Waals surface area contributed by atoms with Crippen LogP contribution in [-0.2, 0) is 4.79 Å². The SMILES string of the molecule is C[C@@H](Cl)CC=O. The molecule has 1 atom stereocenters. The van der Waals surface area contributed by atoms with Gasteiger partial charge in [0, 0.05) is 11.8 Å². The fraction of sp³-hybridized carbons (Fsp3) is 0.750. The Balaban J connectivity index is 2.81. The Labute approximate surface area is 42.3 Å². The van der Waals surface area contributed by atoms with E-state index in [0.29, 0.717) is 6.42 Å². The van der Waals surface area contributed by atoms with Gasteiger partial charge in [0.25, 0.3) is 0 Å². The minimum atomic E-state index is 0.00231. The van der Waals surface area contributed by atoms with E-state index >= 15 is 0 Å². The highest BCUT2D eigenvalue weighted by Gasteiger charge is 1.88. The van der Waals surface area contributed by atoms with Gasteiger partial charge in [-0.25, -0.2) is 0 Å². The van der Waals surface area contributed by atoms with Gasteiger partial charge in [-0.3, -0.25) is 0 Å². The fourth-order valence-electron chi connectivity index (χ4n) is 0.133. The third kappa shape index (κ3) is 3.96. The molecule has 0 radical (unpaired) electrons. The zero-order valence-electron chi connectivity index (χ0n) is 3.65. The lowest BCUT2D eigenvalue weighted by atomic mass is 10.4. The molecule has 1 nitrogen and oxygen atoms in total. The first-order chi connectivity index (χ1) is 2.77. The van der Waals surface area contributed by atoms with Crippen molar-refractivity contribution in [1.82, 2.24) is 0 Å². The summed E-state index contributed by atoms with van der Waals surface area (Å²) in [5.74, 6) is 0. The van der Waals surface area contributed by atoms with Crippen molar-refractivity contribution in [2.45, 2.75) is 18.7 Å². The van der Waals surface area contributed by atoms with E-state index in [2.05, 4.69) is 0 Å². The Bertz CT molecular complexity index is 42.8. The van der Waals surface area contributed by atoms with E-state index in [0.717, 1.165) is 6.29 Å². The minimum absolute atomic E-state index is 0.00231. The number of hydrogen-bond donors (Lipinski definition) is 0. The number of aldehydes is 1. The third-order valence-electron chi connectivity index (χ3n) is 0.421. The molecule has 0 amide bonds. The summed E-state index contributed by atoms with van der Waals surface area (Å²) in [5, 5.41) is 0.00231. The molecule has 0 bridgehead atoms. The van der Waals surface area contributed by atoms with Gasteiger partial charge >= 0.3 is 0 Å². The van der Waals surface area contributed by atoms with Gasteiger partial charge < -0.3 is 4.79 Å². The van der Waals surface area contributed by atoms with E-state index in [9.17, 15) is 4.79 Å². The molecule has 0 unspecified atom stereocenters. The predicted molar refractivity (Wildman–Crippen MR) is 26.0 cm³/mol. The molecule has 0 aromatic heterocycles. The van der Waals surface area contributed by atoms with Crippen molar-refractivity contribution in [3.8, 4) is 0 Å². The van der Waals surface area contributed by atoms with Crippen molar-refractivity contribution in [2.24, 2.45) is 0 Å². The number of rotatable bonds is 2. The zero-order valence-corrected chi connectivity index (χ0v) is 4.40. The van der Waals surface area contributed by atoms with Crippen molar-refractivity contribution >= 4 is 17.9 Å². The van der Waals surface area contributed by atoms with Crippen LogP contribution < -0.4 is 0 Å². The lowest BCUT2D eigenvalue weighted by Crippen LogP contribution is -1.88. The number of halogens is 1. The third-order valence-corrected chi connectivity index (χ3v) is 0.599. The average Bonchev–Trinajstić information content (AvgIpc) is 1.35. The van der Waals surface area contributed by atoms with Gasteiger partial charge in [0.15, 0.2) is 0 Å². The van der Waals surface area contributed by atoms with Gasteiger partial charge in [0.05, 0.1) is 0 Å². The van der Waals surface area contributed by atoms with E-state index in [1.807, 2.05) is 0 Å². The lowest BCUT2D eigenvalue weighted by Gasteiger charge is -1.86. The molecule has 0 rings (SSSR count). The van der Waals surface area contributed by atoms with E-state index in [1.54, 1.807) is 6.92 Å². The van der Waals surface area contributed by atoms with Gasteiger partial charge in [-0.2, -0.15) is 0 Å². The van der Waals surface area contributed by atoms with E-state index in [4.69, 9.17) is 11.6 Å². The van der Waals surface area contributed by atoms with Crippen molar-refractivity contribution in [2.75, 3.05) is 0 Å². The van der Waals surface area contributed by atoms with E-state index in [-0.39, 0.29) is 5.38 Å². The molecule has 0 aliphatic heterocycles. The van der Waals surface area contributed by atoms with Crippen LogP contribution in [0.1, 0.15) is 13.3 Å². The Morgan fingerprint density at radius 3 is 2.50 bits per heavy atom. The highest BCUT2D eigenvalue weighted by atomic mass is 35.5. The summed E-state index contributed by atoms with van der Waals surface area (Å²) in [7, 11) is 0. The maximum atomic E-state index is 9.53. The van der Waals surface area contributed by atoms with Crippen LogP contribution in [0.3, 0.4) is 0 Å². The van der Waals surface area contributed by atoms with Crippen LogP contribution in [0.4, 0.5) is 0 Å². The monoisotopic (exact) mass is 106 g/mol. The smallest absolute Gasteiger partial charge is 0.121 e. The molecule has 0 heterocycles. The Morgan fingerprint density at radius 1 is 2.00 bits per heavy atom. The van der Waals surface area contributed by atoms with Crippen LogP contribution in [0.5, 0.6) is 0 Å². The van der Waals surface area contributed by atoms with E-state index < -0.39 is 0 Å². The molecule has 0 saturated carbocycles. The topological polar surface area (TPSA) is 17.1 Å². The first kappa shape index (κ1) is 5.96. The standard InChI is InChI=1S/C4H7ClO/c1-4(5)2-3-6/h3-4H,2H2,1H3/t4-/m1/s1. The lowest BCUT2D eigenvalue weighted by molar-refractivity contribution is -0.107. The zero-order chi connectivity index (χ0) is 4.99. The summed E-state index contributed by atoms with van der Waals surface area (Å²) in [6.45, 7) is 1.79. The van der Waals surface area contributed by atoms with Crippen molar-refractivity contribution in [3.63, 3.8) is 0 Å². The molecule has 6 heavy (non-hydrogen) atoms. The second-order valence-corrected chi connectivity index (χ2v) is 1.93. The van der Waals surface area contributed by atoms with Crippen molar-refractivity contribution in [1.29, 1.82) is 0 Å². The molecule has 0 saturated heterocycles. The Morgan fingerprint density at radius 2 is 2.50 bits per heavy atom. The number of hydrogen-bond acceptors (Lipinski definition) is 1. The van der Waals surface area contributed by atoms with Crippen molar-refractivity contribution in [3.05, 3.63) is 0 Å². The normalized spacial score (nSPS) is 13.7. The molecule has 0 aromatic carbocycles. The molecular formula is C4H7ClO. The quantitative estimate of drug-likeness (QED) is 0.382. The van der Waals surface area contributed by atoms with Crippen molar-refractivity contribution < 1.29 is 4.79 Å². The molecule has 0 N–H and O–H groups in total. The molecule has 0 spiro atoms. The molecule has 0 aliphatic rings. The molecule has 0 aromatic rings. The minimum Gasteiger partial charge on any atom is -0.303 e. The summed E-state index contributed by atoms with van der Waals surface area (Å²) in [6.07, 6.45) is 1.28. The van der Waals surface area contributed by atoms with E-state index in [1.165, 1.54) is 0 Å². The summed E-state index contributed by atoms with van der Waals surface area (Å²) in [4.78, 5) is 9.53. The van der Waals surface area contributed by atoms with Gasteiger partial charge in [-0.1, -0.05) is 0 Å². The highest BCUT2D eigenvalue weighted by Crippen LogP contribution is 1.94. The summed E-state index contributed by atoms with van der Waals surface area (Å²) in [6, 6.07) is 0. The molecular weight excluding hydrogens is 99.5 g/mol. The highest BCUT2D eigenvalue weighted by molar-refractivity contribution is 6.21. The number of alkyl halides is 1. The largest absolute Gasteiger partial charge is 0.303 e. The molecule has 36 valence electrons. The second-order valence-electron chi connectivity index (χ2n) is 1.18. The fourth-order valence-corrected chi connectivity index (χ4v) is 0.205. The van der Waals surface area contributed by atoms with Crippen LogP contribution >= 0.6 is 11.6 Å².